The molecule has 1 unspecified atom stereocenters. The van der Waals surface area contributed by atoms with Crippen LogP contribution in [-0.2, 0) is 12.8 Å². The molecule has 18 heavy (non-hydrogen) atoms. The lowest BCUT2D eigenvalue weighted by Gasteiger charge is -2.38. The first kappa shape index (κ1) is 11.7. The molecule has 1 heterocycles. The number of amides is 2. The van der Waals surface area contributed by atoms with E-state index in [0.29, 0.717) is 5.84 Å². The van der Waals surface area contributed by atoms with Crippen LogP contribution < -0.4 is 5.32 Å². The zero-order chi connectivity index (χ0) is 12.9. The minimum Gasteiger partial charge on any atom is -0.314 e. The Bertz CT molecular complexity index is 557. The third-order valence-corrected chi connectivity index (χ3v) is 4.60. The zero-order valence-corrected chi connectivity index (χ0v) is 11.7. The van der Waals surface area contributed by atoms with E-state index in [2.05, 4.69) is 33.4 Å². The van der Waals surface area contributed by atoms with Crippen LogP contribution in [0.5, 0.6) is 0 Å². The minimum atomic E-state index is -0.460. The van der Waals surface area contributed by atoms with Gasteiger partial charge in [0.15, 0.2) is 0 Å². The summed E-state index contributed by atoms with van der Waals surface area (Å²) in [5.41, 5.74) is 2.09. The maximum Gasteiger partial charge on any atom is 0.323 e. The van der Waals surface area contributed by atoms with Gasteiger partial charge in [-0.25, -0.2) is 4.79 Å². The number of amidine groups is 1. The van der Waals surface area contributed by atoms with Crippen LogP contribution in [0.4, 0.5) is 4.79 Å². The van der Waals surface area contributed by atoms with Gasteiger partial charge in [0.05, 0.1) is 0 Å². The molecule has 1 aliphatic carbocycles. The van der Waals surface area contributed by atoms with Crippen LogP contribution in [0.3, 0.4) is 0 Å². The Morgan fingerprint density at radius 3 is 2.89 bits per heavy atom. The molecule has 0 bridgehead atoms. The number of carbonyl (C=O) groups excluding carboxylic acids is 1. The molecule has 5 heteroatoms. The predicted octanol–water partition coefficient (Wildman–Crippen LogP) is 2.31. The number of hydrogen-bond donors (Lipinski definition) is 2. The average molecular weight is 308 g/mol. The molecule has 0 aromatic heterocycles. The number of urea groups is 1. The van der Waals surface area contributed by atoms with Gasteiger partial charge in [0.2, 0.25) is 0 Å². The van der Waals surface area contributed by atoms with Gasteiger partial charge in [-0.15, -0.1) is 0 Å². The lowest BCUT2D eigenvalue weighted by molar-refractivity contribution is 0.183. The first-order valence-corrected chi connectivity index (χ1v) is 6.73. The van der Waals surface area contributed by atoms with Gasteiger partial charge in [-0.1, -0.05) is 22.0 Å². The molecule has 2 N–H and O–H groups in total. The Balaban J connectivity index is 2.02. The molecule has 1 atom stereocenters. The number of hydrogen-bond acceptors (Lipinski definition) is 2. The van der Waals surface area contributed by atoms with Crippen LogP contribution in [0.1, 0.15) is 17.5 Å². The van der Waals surface area contributed by atoms with Gasteiger partial charge < -0.3 is 4.90 Å². The number of rotatable bonds is 0. The largest absolute Gasteiger partial charge is 0.323 e. The van der Waals surface area contributed by atoms with Gasteiger partial charge in [0, 0.05) is 17.9 Å². The molecule has 2 aliphatic rings. The second kappa shape index (κ2) is 3.82. The fourth-order valence-corrected chi connectivity index (χ4v) is 3.32. The summed E-state index contributed by atoms with van der Waals surface area (Å²) in [5, 5.41) is 10.7. The topological polar surface area (TPSA) is 56.2 Å². The Morgan fingerprint density at radius 2 is 2.22 bits per heavy atom. The second-order valence-electron chi connectivity index (χ2n) is 4.99. The van der Waals surface area contributed by atoms with Crippen molar-refractivity contribution in [3.63, 3.8) is 0 Å². The fourth-order valence-electron chi connectivity index (χ4n) is 2.91. The van der Waals surface area contributed by atoms with E-state index in [9.17, 15) is 4.79 Å². The number of nitrogens with one attached hydrogen (secondary N) is 2. The van der Waals surface area contributed by atoms with Crippen LogP contribution in [0.25, 0.3) is 0 Å². The molecule has 1 aliphatic heterocycles. The van der Waals surface area contributed by atoms with Crippen molar-refractivity contribution >= 4 is 27.8 Å². The quantitative estimate of drug-likeness (QED) is 0.759. The monoisotopic (exact) mass is 307 g/mol. The number of aryl methyl sites for hydroxylation is 1. The Hall–Kier alpha value is -1.36. The van der Waals surface area contributed by atoms with Crippen LogP contribution in [-0.4, -0.2) is 29.4 Å². The molecule has 1 aromatic rings. The molecular weight excluding hydrogens is 294 g/mol. The lowest BCUT2D eigenvalue weighted by atomic mass is 9.77. The molecule has 1 fully saturated rings. The third-order valence-electron chi connectivity index (χ3n) is 4.10. The Morgan fingerprint density at radius 1 is 1.44 bits per heavy atom. The van der Waals surface area contributed by atoms with Gasteiger partial charge in [0.25, 0.3) is 0 Å². The summed E-state index contributed by atoms with van der Waals surface area (Å²) in [7, 11) is 1.78. The zero-order valence-electron chi connectivity index (χ0n) is 10.1. The summed E-state index contributed by atoms with van der Waals surface area (Å²) in [4.78, 5) is 13.4. The molecule has 4 nitrogen and oxygen atoms in total. The molecule has 1 spiro atoms. The van der Waals surface area contributed by atoms with Gasteiger partial charge in [-0.2, -0.15) is 0 Å². The van der Waals surface area contributed by atoms with Crippen molar-refractivity contribution in [1.82, 2.24) is 10.2 Å². The smallest absolute Gasteiger partial charge is 0.314 e. The highest BCUT2D eigenvalue weighted by molar-refractivity contribution is 9.10. The molecule has 2 amide bonds. The summed E-state index contributed by atoms with van der Waals surface area (Å²) in [5.74, 6) is 0.337. The van der Waals surface area contributed by atoms with Crippen molar-refractivity contribution in [3.8, 4) is 0 Å². The first-order chi connectivity index (χ1) is 8.53. The number of likely N-dealkylation sites (N-methyl/N-ethyl adjacent to an activating group) is 1. The van der Waals surface area contributed by atoms with Crippen molar-refractivity contribution in [1.29, 1.82) is 5.41 Å². The van der Waals surface area contributed by atoms with Gasteiger partial charge in [0.1, 0.15) is 11.4 Å². The number of nitrogens with zero attached hydrogens (tertiary/aromatic N) is 1. The fraction of sp³-hybridized carbons (Fsp3) is 0.385. The van der Waals surface area contributed by atoms with E-state index in [1.54, 1.807) is 11.9 Å². The van der Waals surface area contributed by atoms with E-state index in [1.165, 1.54) is 11.1 Å². The summed E-state index contributed by atoms with van der Waals surface area (Å²) in [6.07, 6.45) is 2.44. The number of fused-ring (bicyclic) bond motifs is 1. The highest BCUT2D eigenvalue weighted by atomic mass is 79.9. The summed E-state index contributed by atoms with van der Waals surface area (Å²) in [6, 6.07) is 6.08. The average Bonchev–Trinajstić information content (AvgIpc) is 2.55. The molecule has 0 radical (unpaired) electrons. The number of carbonyl (C=O) groups is 1. The molecule has 1 saturated heterocycles. The molecule has 0 saturated carbocycles. The Labute approximate surface area is 114 Å². The normalized spacial score (nSPS) is 26.4. The van der Waals surface area contributed by atoms with Gasteiger partial charge >= 0.3 is 6.03 Å². The summed E-state index contributed by atoms with van der Waals surface area (Å²) in [6.45, 7) is 0. The van der Waals surface area contributed by atoms with Crippen molar-refractivity contribution in [2.75, 3.05) is 7.05 Å². The van der Waals surface area contributed by atoms with Crippen molar-refractivity contribution in [2.45, 2.75) is 24.8 Å². The van der Waals surface area contributed by atoms with Crippen LogP contribution in [0, 0.1) is 5.41 Å². The van der Waals surface area contributed by atoms with Crippen molar-refractivity contribution in [2.24, 2.45) is 0 Å². The van der Waals surface area contributed by atoms with Crippen LogP contribution in [0.15, 0.2) is 22.7 Å². The molecular formula is C13H14BrN3O. The second-order valence-corrected chi connectivity index (χ2v) is 5.90. The van der Waals surface area contributed by atoms with E-state index >= 15 is 0 Å². The van der Waals surface area contributed by atoms with E-state index < -0.39 is 5.54 Å². The minimum absolute atomic E-state index is 0.166. The predicted molar refractivity (Wildman–Crippen MR) is 72.9 cm³/mol. The third kappa shape index (κ3) is 1.50. The van der Waals surface area contributed by atoms with Crippen LogP contribution >= 0.6 is 15.9 Å². The Kier molecular flexibility index (Phi) is 2.48. The van der Waals surface area contributed by atoms with E-state index in [-0.39, 0.29) is 6.03 Å². The SMILES string of the molecule is CN1C(=O)NC(=N)C12CCc1cc(Br)ccc1C2. The maximum absolute atomic E-state index is 11.7. The van der Waals surface area contributed by atoms with E-state index in [4.69, 9.17) is 5.41 Å². The van der Waals surface area contributed by atoms with Crippen molar-refractivity contribution in [3.05, 3.63) is 33.8 Å². The first-order valence-electron chi connectivity index (χ1n) is 5.94. The van der Waals surface area contributed by atoms with E-state index in [0.717, 1.165) is 23.7 Å². The maximum atomic E-state index is 11.7. The molecule has 1 aromatic carbocycles. The summed E-state index contributed by atoms with van der Waals surface area (Å²) < 4.78 is 1.08. The highest BCUT2D eigenvalue weighted by Gasteiger charge is 2.49. The van der Waals surface area contributed by atoms with Crippen LogP contribution in [0.2, 0.25) is 0 Å². The molecule has 3 rings (SSSR count). The lowest BCUT2D eigenvalue weighted by Crippen LogP contribution is -2.51. The highest BCUT2D eigenvalue weighted by Crippen LogP contribution is 2.36. The van der Waals surface area contributed by atoms with Crippen molar-refractivity contribution < 1.29 is 4.79 Å². The standard InChI is InChI=1S/C13H14BrN3O/c1-17-12(18)16-11(15)13(17)5-4-8-6-10(14)3-2-9(8)7-13/h2-3,6H,4-5,7H2,1H3,(H2,15,16,18). The number of halogens is 1. The molecule has 94 valence electrons. The van der Waals surface area contributed by atoms with Gasteiger partial charge in [-0.05, 0) is 36.1 Å². The van der Waals surface area contributed by atoms with E-state index in [1.807, 2.05) is 6.07 Å². The van der Waals surface area contributed by atoms with Gasteiger partial charge in [-0.3, -0.25) is 10.7 Å². The number of benzene rings is 1. The summed E-state index contributed by atoms with van der Waals surface area (Å²) >= 11 is 3.48.